The minimum atomic E-state index is -0.626. The predicted octanol–water partition coefficient (Wildman–Crippen LogP) is 4.86. The van der Waals surface area contributed by atoms with Crippen LogP contribution in [0.3, 0.4) is 0 Å². The number of aryl methyl sites for hydroxylation is 1. The summed E-state index contributed by atoms with van der Waals surface area (Å²) in [6.07, 6.45) is 1.89. The molecule has 0 unspecified atom stereocenters. The highest BCUT2D eigenvalue weighted by atomic mass is 35.5. The molecule has 0 fully saturated rings. The predicted molar refractivity (Wildman–Crippen MR) is 139 cm³/mol. The van der Waals surface area contributed by atoms with Crippen LogP contribution in [0.2, 0.25) is 15.1 Å². The number of nitrogens with one attached hydrogen (secondary N) is 3. The van der Waals surface area contributed by atoms with Crippen molar-refractivity contribution in [1.29, 1.82) is 0 Å². The molecule has 0 spiro atoms. The SMILES string of the molecule is Cc1c(C(=O)NNC(=O)c2cccc(Cl)c2)oc2c1/C(=N/NC(=O)COc1ccc(Cl)cc1Cl)CCC2. The summed E-state index contributed by atoms with van der Waals surface area (Å²) in [6, 6.07) is 11.0. The van der Waals surface area contributed by atoms with Gasteiger partial charge in [-0.1, -0.05) is 40.9 Å². The van der Waals surface area contributed by atoms with E-state index in [9.17, 15) is 14.4 Å². The van der Waals surface area contributed by atoms with Crippen LogP contribution in [0.4, 0.5) is 0 Å². The van der Waals surface area contributed by atoms with Gasteiger partial charge in [0, 0.05) is 33.2 Å². The number of hydrazone groups is 1. The maximum Gasteiger partial charge on any atom is 0.305 e. The number of carbonyl (C=O) groups excluding carboxylic acids is 3. The van der Waals surface area contributed by atoms with E-state index in [2.05, 4.69) is 21.4 Å². The first-order chi connectivity index (χ1) is 17.7. The first-order valence-electron chi connectivity index (χ1n) is 11.1. The van der Waals surface area contributed by atoms with Crippen LogP contribution in [0, 0.1) is 6.92 Å². The number of nitrogens with zero attached hydrogens (tertiary/aromatic N) is 1. The van der Waals surface area contributed by atoms with Crippen LogP contribution in [0.5, 0.6) is 5.75 Å². The van der Waals surface area contributed by atoms with Crippen molar-refractivity contribution >= 4 is 58.2 Å². The highest BCUT2D eigenvalue weighted by Gasteiger charge is 2.28. The Morgan fingerprint density at radius 1 is 1.00 bits per heavy atom. The van der Waals surface area contributed by atoms with Gasteiger partial charge in [-0.05, 0) is 56.2 Å². The number of ether oxygens (including phenoxy) is 1. The number of hydrogen-bond donors (Lipinski definition) is 3. The van der Waals surface area contributed by atoms with Crippen LogP contribution in [0.1, 0.15) is 50.6 Å². The lowest BCUT2D eigenvalue weighted by molar-refractivity contribution is -0.123. The summed E-state index contributed by atoms with van der Waals surface area (Å²) in [7, 11) is 0. The molecule has 9 nitrogen and oxygen atoms in total. The largest absolute Gasteiger partial charge is 0.482 e. The first kappa shape index (κ1) is 26.5. The number of rotatable bonds is 6. The van der Waals surface area contributed by atoms with Crippen molar-refractivity contribution in [2.45, 2.75) is 26.2 Å². The number of furan rings is 1. The standard InChI is InChI=1S/C25H21Cl3N4O5/c1-13-22-18(29-30-21(33)12-36-19-9-8-16(27)11-17(19)28)6-3-7-20(22)37-23(13)25(35)32-31-24(34)14-4-2-5-15(26)10-14/h2,4-5,8-11H,3,6-7,12H2,1H3,(H,30,33)(H,31,34)(H,32,35)/b29-18+. The Morgan fingerprint density at radius 2 is 1.76 bits per heavy atom. The highest BCUT2D eigenvalue weighted by Crippen LogP contribution is 2.30. The van der Waals surface area contributed by atoms with Gasteiger partial charge in [0.15, 0.2) is 12.4 Å². The number of halogens is 3. The summed E-state index contributed by atoms with van der Waals surface area (Å²) in [6.45, 7) is 1.40. The second-order valence-corrected chi connectivity index (χ2v) is 9.36. The normalized spacial score (nSPS) is 13.6. The third-order valence-corrected chi connectivity index (χ3v) is 6.24. The van der Waals surface area contributed by atoms with Crippen molar-refractivity contribution in [2.75, 3.05) is 6.61 Å². The van der Waals surface area contributed by atoms with Gasteiger partial charge in [-0.25, -0.2) is 5.43 Å². The second-order valence-electron chi connectivity index (χ2n) is 8.08. The topological polar surface area (TPSA) is 122 Å². The van der Waals surface area contributed by atoms with E-state index in [4.69, 9.17) is 44.0 Å². The Labute approximate surface area is 227 Å². The summed E-state index contributed by atoms with van der Waals surface area (Å²) < 4.78 is 11.2. The van der Waals surface area contributed by atoms with Crippen molar-refractivity contribution in [3.8, 4) is 5.75 Å². The fraction of sp³-hybridized carbons (Fsp3) is 0.200. The summed E-state index contributed by atoms with van der Waals surface area (Å²) in [5.74, 6) is -0.716. The molecule has 3 N–H and O–H groups in total. The second kappa shape index (κ2) is 11.7. The molecule has 2 aromatic carbocycles. The number of amides is 3. The number of carbonyl (C=O) groups is 3. The first-order valence-corrected chi connectivity index (χ1v) is 12.3. The third kappa shape index (κ3) is 6.43. The molecule has 37 heavy (non-hydrogen) atoms. The Hall–Kier alpha value is -3.53. The van der Waals surface area contributed by atoms with Gasteiger partial charge in [-0.15, -0.1) is 0 Å². The molecular weight excluding hydrogens is 543 g/mol. The average Bonchev–Trinajstić information content (AvgIpc) is 3.22. The van der Waals surface area contributed by atoms with Crippen molar-refractivity contribution in [2.24, 2.45) is 5.10 Å². The molecule has 192 valence electrons. The number of hydrogen-bond acceptors (Lipinski definition) is 6. The zero-order chi connectivity index (χ0) is 26.5. The van der Waals surface area contributed by atoms with Gasteiger partial charge in [0.2, 0.25) is 0 Å². The quantitative estimate of drug-likeness (QED) is 0.370. The number of benzene rings is 2. The lowest BCUT2D eigenvalue weighted by atomic mass is 9.93. The van der Waals surface area contributed by atoms with E-state index in [1.807, 2.05) is 0 Å². The van der Waals surface area contributed by atoms with Gasteiger partial charge < -0.3 is 9.15 Å². The number of fused-ring (bicyclic) bond motifs is 1. The van der Waals surface area contributed by atoms with Crippen LogP contribution in [-0.2, 0) is 11.2 Å². The third-order valence-electron chi connectivity index (χ3n) is 5.48. The van der Waals surface area contributed by atoms with Crippen LogP contribution in [-0.4, -0.2) is 30.0 Å². The zero-order valence-corrected chi connectivity index (χ0v) is 21.8. The molecule has 0 aliphatic heterocycles. The smallest absolute Gasteiger partial charge is 0.305 e. The summed E-state index contributed by atoms with van der Waals surface area (Å²) >= 11 is 17.8. The Bertz CT molecular complexity index is 1400. The molecule has 0 radical (unpaired) electrons. The molecule has 0 saturated heterocycles. The minimum Gasteiger partial charge on any atom is -0.482 e. The van der Waals surface area contributed by atoms with Gasteiger partial charge in [0.05, 0.1) is 10.7 Å². The highest BCUT2D eigenvalue weighted by molar-refractivity contribution is 6.35. The maximum atomic E-state index is 12.7. The van der Waals surface area contributed by atoms with E-state index in [0.717, 1.165) is 6.42 Å². The summed E-state index contributed by atoms with van der Waals surface area (Å²) in [5, 5.41) is 5.37. The maximum absolute atomic E-state index is 12.7. The minimum absolute atomic E-state index is 0.0398. The Kier molecular flexibility index (Phi) is 8.38. The number of hydrazine groups is 1. The lowest BCUT2D eigenvalue weighted by Gasteiger charge is -2.13. The van der Waals surface area contributed by atoms with E-state index < -0.39 is 17.7 Å². The molecule has 0 bridgehead atoms. The van der Waals surface area contributed by atoms with Crippen LogP contribution >= 0.6 is 34.8 Å². The van der Waals surface area contributed by atoms with Crippen LogP contribution in [0.15, 0.2) is 52.0 Å². The van der Waals surface area contributed by atoms with E-state index in [-0.39, 0.29) is 23.0 Å². The Balaban J connectivity index is 1.40. The van der Waals surface area contributed by atoms with Gasteiger partial charge in [0.1, 0.15) is 11.5 Å². The molecule has 1 aliphatic carbocycles. The van der Waals surface area contributed by atoms with E-state index in [0.29, 0.717) is 51.2 Å². The van der Waals surface area contributed by atoms with Crippen molar-refractivity contribution in [3.63, 3.8) is 0 Å². The summed E-state index contributed by atoms with van der Waals surface area (Å²) in [5.41, 5.74) is 9.22. The van der Waals surface area contributed by atoms with E-state index in [1.165, 1.54) is 12.1 Å². The fourth-order valence-electron chi connectivity index (χ4n) is 3.77. The Morgan fingerprint density at radius 3 is 2.51 bits per heavy atom. The van der Waals surface area contributed by atoms with E-state index in [1.54, 1.807) is 37.3 Å². The van der Waals surface area contributed by atoms with Gasteiger partial charge >= 0.3 is 5.91 Å². The molecule has 4 rings (SSSR count). The van der Waals surface area contributed by atoms with Crippen LogP contribution < -0.4 is 21.0 Å². The molecule has 0 atom stereocenters. The average molecular weight is 564 g/mol. The molecule has 1 aliphatic rings. The van der Waals surface area contributed by atoms with Crippen LogP contribution in [0.25, 0.3) is 0 Å². The molecule has 3 aromatic rings. The molecule has 3 amide bonds. The van der Waals surface area contributed by atoms with Gasteiger partial charge in [-0.2, -0.15) is 5.10 Å². The molecular formula is C25H21Cl3N4O5. The zero-order valence-electron chi connectivity index (χ0n) is 19.5. The van der Waals surface area contributed by atoms with Crippen molar-refractivity contribution < 1.29 is 23.5 Å². The van der Waals surface area contributed by atoms with Crippen molar-refractivity contribution in [3.05, 3.63) is 85.7 Å². The molecule has 1 aromatic heterocycles. The van der Waals surface area contributed by atoms with Crippen molar-refractivity contribution in [1.82, 2.24) is 16.3 Å². The van der Waals surface area contributed by atoms with Gasteiger partial charge in [0.25, 0.3) is 11.8 Å². The lowest BCUT2D eigenvalue weighted by Crippen LogP contribution is -2.41. The van der Waals surface area contributed by atoms with Gasteiger partial charge in [-0.3, -0.25) is 25.2 Å². The fourth-order valence-corrected chi connectivity index (χ4v) is 4.42. The van der Waals surface area contributed by atoms with E-state index >= 15 is 0 Å². The molecule has 0 saturated carbocycles. The summed E-state index contributed by atoms with van der Waals surface area (Å²) in [4.78, 5) is 37.3. The monoisotopic (exact) mass is 562 g/mol. The molecule has 1 heterocycles. The molecule has 12 heteroatoms.